The van der Waals surface area contributed by atoms with E-state index in [2.05, 4.69) is 6.92 Å². The number of carbonyl (C=O) groups is 2. The lowest BCUT2D eigenvalue weighted by Gasteiger charge is -2.35. The Bertz CT molecular complexity index is 969. The van der Waals surface area contributed by atoms with E-state index in [1.165, 1.54) is 6.42 Å². The number of likely N-dealkylation sites (tertiary alicyclic amines) is 2. The number of aromatic nitrogens is 1. The number of pyridine rings is 1. The number of rotatable bonds is 3. The predicted octanol–water partition coefficient (Wildman–Crippen LogP) is 5.08. The van der Waals surface area contributed by atoms with Crippen LogP contribution in [0.5, 0.6) is 0 Å². The van der Waals surface area contributed by atoms with E-state index in [1.54, 1.807) is 12.1 Å². The Morgan fingerprint density at radius 3 is 2.39 bits per heavy atom. The van der Waals surface area contributed by atoms with Crippen LogP contribution in [0.25, 0.3) is 0 Å². The number of amides is 2. The number of hydrogen-bond acceptors (Lipinski definition) is 3. The van der Waals surface area contributed by atoms with Crippen molar-refractivity contribution < 1.29 is 9.59 Å². The van der Waals surface area contributed by atoms with Gasteiger partial charge >= 0.3 is 0 Å². The highest BCUT2D eigenvalue weighted by Gasteiger charge is 2.31. The van der Waals surface area contributed by atoms with Crippen molar-refractivity contribution in [2.45, 2.75) is 57.9 Å². The van der Waals surface area contributed by atoms with Crippen LogP contribution >= 0.6 is 11.6 Å². The van der Waals surface area contributed by atoms with Crippen LogP contribution < -0.4 is 0 Å². The number of aryl methyl sites for hydroxylation is 1. The molecule has 31 heavy (non-hydrogen) atoms. The quantitative estimate of drug-likeness (QED) is 0.670. The lowest BCUT2D eigenvalue weighted by atomic mass is 9.89. The minimum atomic E-state index is -0.0281. The van der Waals surface area contributed by atoms with E-state index in [0.29, 0.717) is 23.7 Å². The minimum Gasteiger partial charge on any atom is -0.339 e. The van der Waals surface area contributed by atoms with E-state index in [1.807, 2.05) is 41.0 Å². The van der Waals surface area contributed by atoms with Gasteiger partial charge in [0.25, 0.3) is 11.8 Å². The first-order chi connectivity index (χ1) is 15.0. The average Bonchev–Trinajstić information content (AvgIpc) is 2.79. The van der Waals surface area contributed by atoms with Crippen molar-refractivity contribution in [2.24, 2.45) is 0 Å². The maximum absolute atomic E-state index is 13.4. The van der Waals surface area contributed by atoms with E-state index in [0.717, 1.165) is 49.2 Å². The normalized spacial score (nSPS) is 20.0. The molecule has 2 aliphatic rings. The smallest absolute Gasteiger partial charge is 0.255 e. The summed E-state index contributed by atoms with van der Waals surface area (Å²) < 4.78 is 0. The zero-order valence-corrected chi connectivity index (χ0v) is 19.1. The van der Waals surface area contributed by atoms with E-state index < -0.39 is 0 Å². The van der Waals surface area contributed by atoms with E-state index in [-0.39, 0.29) is 23.8 Å². The van der Waals surface area contributed by atoms with Crippen molar-refractivity contribution in [1.29, 1.82) is 0 Å². The summed E-state index contributed by atoms with van der Waals surface area (Å²) in [4.78, 5) is 35.0. The van der Waals surface area contributed by atoms with Crippen molar-refractivity contribution in [1.82, 2.24) is 14.8 Å². The first kappa shape index (κ1) is 21.8. The van der Waals surface area contributed by atoms with Gasteiger partial charge in [0.2, 0.25) is 0 Å². The molecule has 0 spiro atoms. The molecule has 1 aromatic carbocycles. The molecule has 2 saturated heterocycles. The molecule has 2 fully saturated rings. The maximum Gasteiger partial charge on any atom is 0.255 e. The Kier molecular flexibility index (Phi) is 6.61. The topological polar surface area (TPSA) is 53.5 Å². The number of halogens is 1. The molecule has 0 aliphatic carbocycles. The third kappa shape index (κ3) is 4.62. The van der Waals surface area contributed by atoms with Crippen LogP contribution in [0.1, 0.15) is 77.0 Å². The Morgan fingerprint density at radius 2 is 1.68 bits per heavy atom. The van der Waals surface area contributed by atoms with Gasteiger partial charge in [-0.05, 0) is 70.2 Å². The molecule has 2 aliphatic heterocycles. The molecule has 0 saturated carbocycles. The third-order valence-corrected chi connectivity index (χ3v) is 6.96. The van der Waals surface area contributed by atoms with E-state index in [4.69, 9.17) is 16.6 Å². The lowest BCUT2D eigenvalue weighted by Crippen LogP contribution is -2.43. The van der Waals surface area contributed by atoms with Crippen LogP contribution in [-0.4, -0.2) is 52.3 Å². The Hall–Kier alpha value is -2.40. The second-order valence-electron chi connectivity index (χ2n) is 8.78. The monoisotopic (exact) mass is 439 g/mol. The number of piperidine rings is 2. The average molecular weight is 440 g/mol. The minimum absolute atomic E-state index is 0.0281. The summed E-state index contributed by atoms with van der Waals surface area (Å²) in [5.74, 6) is 0.248. The van der Waals surface area contributed by atoms with Gasteiger partial charge in [0, 0.05) is 37.3 Å². The van der Waals surface area contributed by atoms with Crippen molar-refractivity contribution in [3.8, 4) is 0 Å². The summed E-state index contributed by atoms with van der Waals surface area (Å²) in [6.07, 6.45) is 4.89. The molecule has 1 aromatic heterocycles. The van der Waals surface area contributed by atoms with Crippen molar-refractivity contribution >= 4 is 23.4 Å². The second kappa shape index (κ2) is 9.39. The number of nitrogens with zero attached hydrogens (tertiary/aromatic N) is 3. The summed E-state index contributed by atoms with van der Waals surface area (Å²) in [7, 11) is 0. The highest BCUT2D eigenvalue weighted by molar-refractivity contribution is 6.33. The largest absolute Gasteiger partial charge is 0.339 e. The van der Waals surface area contributed by atoms with Gasteiger partial charge in [-0.25, -0.2) is 0 Å². The molecule has 6 heteroatoms. The van der Waals surface area contributed by atoms with Crippen LogP contribution in [0, 0.1) is 6.92 Å². The zero-order chi connectivity index (χ0) is 22.0. The van der Waals surface area contributed by atoms with Crippen LogP contribution in [-0.2, 0) is 0 Å². The van der Waals surface area contributed by atoms with E-state index >= 15 is 0 Å². The molecule has 0 radical (unpaired) electrons. The standard InChI is InChI=1S/C25H30ClN3O2/c1-17-10-11-21(25(31)29-14-6-5-7-18(29)2)23(27-17)19-12-15-28(16-13-19)24(30)20-8-3-4-9-22(20)26/h3-4,8-11,18-19H,5-7,12-16H2,1-2H3/t18-/m1/s1. The van der Waals surface area contributed by atoms with E-state index in [9.17, 15) is 9.59 Å². The molecule has 0 N–H and O–H groups in total. The summed E-state index contributed by atoms with van der Waals surface area (Å²) in [5.41, 5.74) is 3.10. The molecule has 164 valence electrons. The van der Waals surface area contributed by atoms with Crippen LogP contribution in [0.15, 0.2) is 36.4 Å². The first-order valence-corrected chi connectivity index (χ1v) is 11.7. The van der Waals surface area contributed by atoms with Gasteiger partial charge < -0.3 is 9.80 Å². The first-order valence-electron chi connectivity index (χ1n) is 11.3. The Balaban J connectivity index is 1.51. The predicted molar refractivity (Wildman–Crippen MR) is 123 cm³/mol. The number of hydrogen-bond donors (Lipinski definition) is 0. The molecule has 4 rings (SSSR count). The highest BCUT2D eigenvalue weighted by atomic mass is 35.5. The fraction of sp³-hybridized carbons (Fsp3) is 0.480. The summed E-state index contributed by atoms with van der Waals surface area (Å²) in [6.45, 7) is 6.20. The third-order valence-electron chi connectivity index (χ3n) is 6.63. The Morgan fingerprint density at radius 1 is 0.935 bits per heavy atom. The van der Waals surface area contributed by atoms with Crippen molar-refractivity contribution in [3.63, 3.8) is 0 Å². The van der Waals surface area contributed by atoms with Gasteiger partial charge in [-0.1, -0.05) is 23.7 Å². The fourth-order valence-corrected chi connectivity index (χ4v) is 5.00. The van der Waals surface area contributed by atoms with Gasteiger partial charge in [0.1, 0.15) is 0 Å². The van der Waals surface area contributed by atoms with Crippen LogP contribution in [0.4, 0.5) is 0 Å². The van der Waals surface area contributed by atoms with Crippen molar-refractivity contribution in [2.75, 3.05) is 19.6 Å². The van der Waals surface area contributed by atoms with Gasteiger partial charge in [0.05, 0.1) is 21.8 Å². The molecular weight excluding hydrogens is 410 g/mol. The maximum atomic E-state index is 13.4. The molecule has 0 bridgehead atoms. The Labute approximate surface area is 189 Å². The summed E-state index contributed by atoms with van der Waals surface area (Å²) >= 11 is 6.22. The molecule has 5 nitrogen and oxygen atoms in total. The highest BCUT2D eigenvalue weighted by Crippen LogP contribution is 2.32. The fourth-order valence-electron chi connectivity index (χ4n) is 4.78. The summed E-state index contributed by atoms with van der Waals surface area (Å²) in [6, 6.07) is 11.3. The second-order valence-corrected chi connectivity index (χ2v) is 9.18. The van der Waals surface area contributed by atoms with Crippen molar-refractivity contribution in [3.05, 3.63) is 63.9 Å². The number of carbonyl (C=O) groups excluding carboxylic acids is 2. The van der Waals surface area contributed by atoms with Gasteiger partial charge in [-0.3, -0.25) is 14.6 Å². The SMILES string of the molecule is Cc1ccc(C(=O)N2CCCC[C@H]2C)c(C2CCN(C(=O)c3ccccc3Cl)CC2)n1. The van der Waals surface area contributed by atoms with Gasteiger partial charge in [0.15, 0.2) is 0 Å². The zero-order valence-electron chi connectivity index (χ0n) is 18.3. The summed E-state index contributed by atoms with van der Waals surface area (Å²) in [5, 5.41) is 0.485. The molecule has 2 aromatic rings. The lowest BCUT2D eigenvalue weighted by molar-refractivity contribution is 0.0628. The van der Waals surface area contributed by atoms with Gasteiger partial charge in [-0.15, -0.1) is 0 Å². The van der Waals surface area contributed by atoms with Gasteiger partial charge in [-0.2, -0.15) is 0 Å². The molecule has 3 heterocycles. The van der Waals surface area contributed by atoms with Crippen LogP contribution in [0.3, 0.4) is 0 Å². The molecular formula is C25H30ClN3O2. The molecule has 2 amide bonds. The molecule has 1 atom stereocenters. The van der Waals surface area contributed by atoms with Crippen LogP contribution in [0.2, 0.25) is 5.02 Å². The molecule has 0 unspecified atom stereocenters. The number of benzene rings is 1.